The first-order chi connectivity index (χ1) is 11.1. The van der Waals surface area contributed by atoms with Crippen LogP contribution in [0.3, 0.4) is 0 Å². The fourth-order valence-corrected chi connectivity index (χ4v) is 2.39. The third-order valence-corrected chi connectivity index (χ3v) is 3.63. The van der Waals surface area contributed by atoms with Gasteiger partial charge in [-0.3, -0.25) is 4.79 Å². The minimum absolute atomic E-state index is 0.000447. The minimum Gasteiger partial charge on any atom is -0.295 e. The zero-order valence-corrected chi connectivity index (χ0v) is 13.4. The van der Waals surface area contributed by atoms with Gasteiger partial charge in [0, 0.05) is 22.3 Å². The van der Waals surface area contributed by atoms with Crippen LogP contribution in [0.1, 0.15) is 12.5 Å². The van der Waals surface area contributed by atoms with Gasteiger partial charge >= 0.3 is 0 Å². The van der Waals surface area contributed by atoms with Crippen LogP contribution in [0.4, 0.5) is 0 Å². The van der Waals surface area contributed by atoms with Crippen molar-refractivity contribution in [1.82, 2.24) is 9.78 Å². The Morgan fingerprint density at radius 1 is 1.09 bits per heavy atom. The molecule has 0 radical (unpaired) electrons. The summed E-state index contributed by atoms with van der Waals surface area (Å²) in [6.45, 7) is 1.53. The second kappa shape index (κ2) is 6.63. The Hall–Kier alpha value is -2.65. The zero-order chi connectivity index (χ0) is 16.2. The normalized spacial score (nSPS) is 11.0. The molecule has 0 N–H and O–H groups in total. The molecule has 0 bridgehead atoms. The van der Waals surface area contributed by atoms with Crippen LogP contribution in [0.5, 0.6) is 0 Å². The zero-order valence-electron chi connectivity index (χ0n) is 12.6. The molecule has 0 spiro atoms. The van der Waals surface area contributed by atoms with Crippen molar-refractivity contribution in [2.24, 2.45) is 0 Å². The smallest absolute Gasteiger partial charge is 0.152 e. The molecule has 0 atom stereocenters. The minimum atomic E-state index is -0.000447. The Kier molecular flexibility index (Phi) is 4.40. The van der Waals surface area contributed by atoms with Crippen LogP contribution in [0.25, 0.3) is 23.0 Å². The number of aromatic nitrogens is 2. The highest BCUT2D eigenvalue weighted by atomic mass is 35.5. The molecule has 0 saturated heterocycles. The van der Waals surface area contributed by atoms with Gasteiger partial charge < -0.3 is 0 Å². The highest BCUT2D eigenvalue weighted by Crippen LogP contribution is 2.26. The van der Waals surface area contributed by atoms with E-state index in [4.69, 9.17) is 11.6 Å². The highest BCUT2D eigenvalue weighted by molar-refractivity contribution is 6.30. The fourth-order valence-electron chi connectivity index (χ4n) is 2.26. The van der Waals surface area contributed by atoms with Crippen LogP contribution < -0.4 is 0 Å². The van der Waals surface area contributed by atoms with E-state index >= 15 is 0 Å². The molecule has 0 unspecified atom stereocenters. The van der Waals surface area contributed by atoms with Gasteiger partial charge in [0.1, 0.15) is 0 Å². The molecule has 4 heteroatoms. The lowest BCUT2D eigenvalue weighted by molar-refractivity contribution is -0.112. The van der Waals surface area contributed by atoms with Crippen LogP contribution >= 0.6 is 11.6 Å². The molecule has 3 nitrogen and oxygen atoms in total. The summed E-state index contributed by atoms with van der Waals surface area (Å²) in [5.74, 6) is -0.000447. The van der Waals surface area contributed by atoms with Crippen LogP contribution in [-0.2, 0) is 4.79 Å². The average molecular weight is 323 g/mol. The molecule has 2 aromatic carbocycles. The summed E-state index contributed by atoms with van der Waals surface area (Å²) in [6.07, 6.45) is 5.25. The third-order valence-electron chi connectivity index (χ3n) is 3.38. The molecular weight excluding hydrogens is 308 g/mol. The molecule has 0 aliphatic carbocycles. The summed E-state index contributed by atoms with van der Waals surface area (Å²) in [4.78, 5) is 11.3. The van der Waals surface area contributed by atoms with Gasteiger partial charge in [0.2, 0.25) is 0 Å². The predicted molar refractivity (Wildman–Crippen MR) is 93.7 cm³/mol. The van der Waals surface area contributed by atoms with Gasteiger partial charge in [-0.05, 0) is 43.3 Å². The van der Waals surface area contributed by atoms with Crippen LogP contribution in [0.15, 0.2) is 66.9 Å². The molecule has 1 aromatic heterocycles. The van der Waals surface area contributed by atoms with Crippen molar-refractivity contribution >= 4 is 23.5 Å². The van der Waals surface area contributed by atoms with Crippen molar-refractivity contribution in [3.63, 3.8) is 0 Å². The Labute approximate surface area is 139 Å². The van der Waals surface area contributed by atoms with E-state index in [0.717, 1.165) is 22.5 Å². The van der Waals surface area contributed by atoms with E-state index in [2.05, 4.69) is 5.10 Å². The van der Waals surface area contributed by atoms with E-state index in [9.17, 15) is 4.79 Å². The molecule has 0 aliphatic rings. The molecule has 0 aliphatic heterocycles. The van der Waals surface area contributed by atoms with E-state index < -0.39 is 0 Å². The number of carbonyl (C=O) groups is 1. The van der Waals surface area contributed by atoms with E-state index in [1.165, 1.54) is 6.92 Å². The van der Waals surface area contributed by atoms with E-state index in [1.807, 2.05) is 65.5 Å². The van der Waals surface area contributed by atoms with E-state index in [0.29, 0.717) is 5.02 Å². The number of halogens is 1. The average Bonchev–Trinajstić information content (AvgIpc) is 2.99. The van der Waals surface area contributed by atoms with Gasteiger partial charge in [-0.1, -0.05) is 41.9 Å². The van der Waals surface area contributed by atoms with Crippen LogP contribution in [0.2, 0.25) is 5.02 Å². The fraction of sp³-hybridized carbons (Fsp3) is 0.0526. The van der Waals surface area contributed by atoms with Gasteiger partial charge in [-0.25, -0.2) is 4.68 Å². The molecule has 114 valence electrons. The summed E-state index contributed by atoms with van der Waals surface area (Å²) >= 11 is 5.96. The maximum absolute atomic E-state index is 11.3. The largest absolute Gasteiger partial charge is 0.295 e. The lowest BCUT2D eigenvalue weighted by Crippen LogP contribution is -1.93. The van der Waals surface area contributed by atoms with Crippen molar-refractivity contribution in [3.05, 3.63) is 77.5 Å². The van der Waals surface area contributed by atoms with E-state index in [1.54, 1.807) is 12.2 Å². The van der Waals surface area contributed by atoms with Crippen molar-refractivity contribution in [2.45, 2.75) is 6.92 Å². The first-order valence-corrected chi connectivity index (χ1v) is 7.61. The van der Waals surface area contributed by atoms with Crippen molar-refractivity contribution in [2.75, 3.05) is 0 Å². The standard InChI is InChI=1S/C19H15ClN2O/c1-14(23)7-8-16-13-22(18-5-3-2-4-6-18)21-19(16)15-9-11-17(20)12-10-15/h2-13H,1H3/b8-7+. The number of hydrogen-bond donors (Lipinski definition) is 0. The first-order valence-electron chi connectivity index (χ1n) is 7.23. The third kappa shape index (κ3) is 3.58. The van der Waals surface area contributed by atoms with Crippen LogP contribution in [0, 0.1) is 0 Å². The van der Waals surface area contributed by atoms with Gasteiger partial charge in [0.05, 0.1) is 11.4 Å². The lowest BCUT2D eigenvalue weighted by atomic mass is 10.1. The van der Waals surface area contributed by atoms with Crippen molar-refractivity contribution < 1.29 is 4.79 Å². The summed E-state index contributed by atoms with van der Waals surface area (Å²) in [5, 5.41) is 5.35. The molecule has 3 aromatic rings. The maximum Gasteiger partial charge on any atom is 0.152 e. The molecule has 23 heavy (non-hydrogen) atoms. The monoisotopic (exact) mass is 322 g/mol. The van der Waals surface area contributed by atoms with E-state index in [-0.39, 0.29) is 5.78 Å². The molecular formula is C19H15ClN2O. The lowest BCUT2D eigenvalue weighted by Gasteiger charge is -2.00. The summed E-state index contributed by atoms with van der Waals surface area (Å²) in [5.41, 5.74) is 3.60. The second-order valence-corrected chi connectivity index (χ2v) is 5.60. The Morgan fingerprint density at radius 3 is 2.43 bits per heavy atom. The Balaban J connectivity index is 2.10. The number of para-hydroxylation sites is 1. The predicted octanol–water partition coefficient (Wildman–Crippen LogP) is 4.79. The van der Waals surface area contributed by atoms with Gasteiger partial charge in [0.25, 0.3) is 0 Å². The SMILES string of the molecule is CC(=O)/C=C/c1cn(-c2ccccc2)nc1-c1ccc(Cl)cc1. The number of nitrogens with zero attached hydrogens (tertiary/aromatic N) is 2. The Morgan fingerprint density at radius 2 is 1.78 bits per heavy atom. The summed E-state index contributed by atoms with van der Waals surface area (Å²) in [7, 11) is 0. The van der Waals surface area contributed by atoms with Crippen LogP contribution in [-0.4, -0.2) is 15.6 Å². The summed E-state index contributed by atoms with van der Waals surface area (Å²) < 4.78 is 1.81. The molecule has 0 saturated carbocycles. The van der Waals surface area contributed by atoms with Gasteiger partial charge in [-0.15, -0.1) is 0 Å². The number of carbonyl (C=O) groups excluding carboxylic acids is 1. The maximum atomic E-state index is 11.3. The summed E-state index contributed by atoms with van der Waals surface area (Å²) in [6, 6.07) is 17.4. The number of ketones is 1. The topological polar surface area (TPSA) is 34.9 Å². The number of rotatable bonds is 4. The number of hydrogen-bond acceptors (Lipinski definition) is 2. The Bertz CT molecular complexity index is 849. The highest BCUT2D eigenvalue weighted by Gasteiger charge is 2.10. The molecule has 1 heterocycles. The number of allylic oxidation sites excluding steroid dienone is 1. The molecule has 3 rings (SSSR count). The second-order valence-electron chi connectivity index (χ2n) is 5.16. The molecule has 0 fully saturated rings. The quantitative estimate of drug-likeness (QED) is 0.647. The first kappa shape index (κ1) is 15.3. The number of benzene rings is 2. The van der Waals surface area contributed by atoms with Crippen molar-refractivity contribution in [3.8, 4) is 16.9 Å². The molecule has 0 amide bonds. The van der Waals surface area contributed by atoms with Crippen molar-refractivity contribution in [1.29, 1.82) is 0 Å². The van der Waals surface area contributed by atoms with Gasteiger partial charge in [-0.2, -0.15) is 5.10 Å². The van der Waals surface area contributed by atoms with Gasteiger partial charge in [0.15, 0.2) is 5.78 Å².